The lowest BCUT2D eigenvalue weighted by Gasteiger charge is -2.16. The van der Waals surface area contributed by atoms with Crippen LogP contribution in [0.2, 0.25) is 0 Å². The summed E-state index contributed by atoms with van der Waals surface area (Å²) >= 11 is 3.22. The van der Waals surface area contributed by atoms with Crippen LogP contribution in [0, 0.1) is 0 Å². The van der Waals surface area contributed by atoms with E-state index in [1.807, 2.05) is 0 Å². The maximum atomic E-state index is 12.9. The molecule has 9 heteroatoms. The molecule has 0 atom stereocenters. The van der Waals surface area contributed by atoms with Crippen molar-refractivity contribution < 1.29 is 29.0 Å². The van der Waals surface area contributed by atoms with Crippen LogP contribution in [0.15, 0.2) is 65.1 Å². The number of benzene rings is 3. The Kier molecular flexibility index (Phi) is 5.97. The highest BCUT2D eigenvalue weighted by Gasteiger charge is 2.29. The van der Waals surface area contributed by atoms with E-state index in [4.69, 9.17) is 4.74 Å². The van der Waals surface area contributed by atoms with Crippen molar-refractivity contribution in [2.75, 3.05) is 10.2 Å². The summed E-state index contributed by atoms with van der Waals surface area (Å²) in [4.78, 5) is 49.7. The molecular formula is C24H17BrN2O6. The molecule has 0 bridgehead atoms. The molecular weight excluding hydrogens is 492 g/mol. The highest BCUT2D eigenvalue weighted by atomic mass is 79.9. The van der Waals surface area contributed by atoms with Gasteiger partial charge in [-0.2, -0.15) is 0 Å². The molecule has 8 nitrogen and oxygen atoms in total. The number of nitrogens with zero attached hydrogens (tertiary/aromatic N) is 1. The normalized spacial score (nSPS) is 12.3. The van der Waals surface area contributed by atoms with Crippen LogP contribution >= 0.6 is 15.9 Å². The molecule has 4 rings (SSSR count). The molecule has 3 aromatic carbocycles. The van der Waals surface area contributed by atoms with E-state index in [2.05, 4.69) is 21.2 Å². The standard InChI is InChI=1S/C24H17BrN2O6/c1-13(28)33-18-6-4-17(5-7-18)27-12-15-10-14(2-8-19(15)23(27)30)22(29)26-21-9-3-16(25)11-20(21)24(31)32/h2-11H,12H2,1H3,(H,26,29)(H,31,32). The number of anilines is 2. The zero-order valence-corrected chi connectivity index (χ0v) is 18.9. The second-order valence-electron chi connectivity index (χ2n) is 7.30. The van der Waals surface area contributed by atoms with E-state index in [1.54, 1.807) is 47.4 Å². The van der Waals surface area contributed by atoms with Crippen molar-refractivity contribution in [1.29, 1.82) is 0 Å². The number of hydrogen-bond acceptors (Lipinski definition) is 5. The first-order valence-electron chi connectivity index (χ1n) is 9.80. The first-order valence-corrected chi connectivity index (χ1v) is 10.6. The largest absolute Gasteiger partial charge is 0.478 e. The Hall–Kier alpha value is -3.98. The van der Waals surface area contributed by atoms with E-state index in [0.29, 0.717) is 32.6 Å². The van der Waals surface area contributed by atoms with Crippen LogP contribution in [0.25, 0.3) is 0 Å². The van der Waals surface area contributed by atoms with Crippen molar-refractivity contribution in [3.63, 3.8) is 0 Å². The number of nitrogens with one attached hydrogen (secondary N) is 1. The number of fused-ring (bicyclic) bond motifs is 1. The van der Waals surface area contributed by atoms with Crippen LogP contribution in [0.5, 0.6) is 5.75 Å². The fourth-order valence-electron chi connectivity index (χ4n) is 3.53. The van der Waals surface area contributed by atoms with Crippen LogP contribution in [0.1, 0.15) is 43.6 Å². The van der Waals surface area contributed by atoms with E-state index >= 15 is 0 Å². The van der Waals surface area contributed by atoms with E-state index in [9.17, 15) is 24.3 Å². The Morgan fingerprint density at radius 1 is 1.03 bits per heavy atom. The van der Waals surface area contributed by atoms with Gasteiger partial charge in [0.25, 0.3) is 11.8 Å². The minimum absolute atomic E-state index is 0.0440. The minimum atomic E-state index is -1.17. The van der Waals surface area contributed by atoms with Crippen molar-refractivity contribution in [2.45, 2.75) is 13.5 Å². The van der Waals surface area contributed by atoms with Crippen LogP contribution in [0.4, 0.5) is 11.4 Å². The molecule has 1 aliphatic rings. The van der Waals surface area contributed by atoms with E-state index < -0.39 is 17.8 Å². The number of carboxylic acids is 1. The van der Waals surface area contributed by atoms with Gasteiger partial charge < -0.3 is 20.1 Å². The van der Waals surface area contributed by atoms with Gasteiger partial charge in [-0.05, 0) is 66.2 Å². The average molecular weight is 509 g/mol. The quantitative estimate of drug-likeness (QED) is 0.387. The second kappa shape index (κ2) is 8.87. The van der Waals surface area contributed by atoms with E-state index in [1.165, 1.54) is 25.1 Å². The molecule has 1 aliphatic heterocycles. The summed E-state index contributed by atoms with van der Waals surface area (Å²) in [6.45, 7) is 1.57. The third kappa shape index (κ3) is 4.63. The number of carbonyl (C=O) groups excluding carboxylic acids is 3. The number of esters is 1. The molecule has 33 heavy (non-hydrogen) atoms. The third-order valence-corrected chi connectivity index (χ3v) is 5.53. The fraction of sp³-hybridized carbons (Fsp3) is 0.0833. The third-order valence-electron chi connectivity index (χ3n) is 5.04. The summed E-state index contributed by atoms with van der Waals surface area (Å²) in [5.41, 5.74) is 2.20. The molecule has 3 aromatic rings. The fourth-order valence-corrected chi connectivity index (χ4v) is 3.89. The van der Waals surface area contributed by atoms with Crippen LogP contribution in [-0.4, -0.2) is 28.9 Å². The summed E-state index contributed by atoms with van der Waals surface area (Å²) < 4.78 is 5.59. The van der Waals surface area contributed by atoms with Crippen molar-refractivity contribution in [1.82, 2.24) is 0 Å². The van der Waals surface area contributed by atoms with Gasteiger partial charge in [-0.1, -0.05) is 15.9 Å². The van der Waals surface area contributed by atoms with Crippen LogP contribution < -0.4 is 15.0 Å². The summed E-state index contributed by atoms with van der Waals surface area (Å²) in [5, 5.41) is 12.0. The lowest BCUT2D eigenvalue weighted by molar-refractivity contribution is -0.131. The van der Waals surface area contributed by atoms with Gasteiger partial charge in [-0.3, -0.25) is 14.4 Å². The highest BCUT2D eigenvalue weighted by molar-refractivity contribution is 9.10. The topological polar surface area (TPSA) is 113 Å². The van der Waals surface area contributed by atoms with Gasteiger partial charge in [0, 0.05) is 28.2 Å². The zero-order valence-electron chi connectivity index (χ0n) is 17.3. The molecule has 0 saturated carbocycles. The molecule has 2 N–H and O–H groups in total. The molecule has 2 amide bonds. The predicted octanol–water partition coefficient (Wildman–Crippen LogP) is 4.49. The number of hydrogen-bond donors (Lipinski definition) is 2. The van der Waals surface area contributed by atoms with Gasteiger partial charge in [-0.25, -0.2) is 4.79 Å². The highest BCUT2D eigenvalue weighted by Crippen LogP contribution is 2.30. The number of carboxylic acid groups (broad SMARTS) is 1. The molecule has 0 spiro atoms. The summed E-state index contributed by atoms with van der Waals surface area (Å²) in [7, 11) is 0. The van der Waals surface area contributed by atoms with Crippen molar-refractivity contribution in [2.24, 2.45) is 0 Å². The first-order chi connectivity index (χ1) is 15.7. The SMILES string of the molecule is CC(=O)Oc1ccc(N2Cc3cc(C(=O)Nc4ccc(Br)cc4C(=O)O)ccc3C2=O)cc1. The monoisotopic (exact) mass is 508 g/mol. The lowest BCUT2D eigenvalue weighted by atomic mass is 10.1. The van der Waals surface area contributed by atoms with Gasteiger partial charge in [0.1, 0.15) is 5.75 Å². The van der Waals surface area contributed by atoms with Crippen molar-refractivity contribution >= 4 is 51.1 Å². The maximum Gasteiger partial charge on any atom is 0.337 e. The van der Waals surface area contributed by atoms with Crippen molar-refractivity contribution in [3.8, 4) is 5.75 Å². The first kappa shape index (κ1) is 22.2. The summed E-state index contributed by atoms with van der Waals surface area (Å²) in [5.74, 6) is -1.92. The smallest absolute Gasteiger partial charge is 0.337 e. The lowest BCUT2D eigenvalue weighted by Crippen LogP contribution is -2.22. The van der Waals surface area contributed by atoms with Crippen LogP contribution in [0.3, 0.4) is 0 Å². The number of amides is 2. The number of halogens is 1. The molecule has 1 heterocycles. The summed E-state index contributed by atoms with van der Waals surface area (Å²) in [6, 6.07) is 15.8. The Labute approximate surface area is 196 Å². The Bertz CT molecular complexity index is 1300. The van der Waals surface area contributed by atoms with Gasteiger partial charge in [-0.15, -0.1) is 0 Å². The molecule has 0 saturated heterocycles. The van der Waals surface area contributed by atoms with Crippen LogP contribution in [-0.2, 0) is 11.3 Å². The second-order valence-corrected chi connectivity index (χ2v) is 8.22. The molecule has 0 aliphatic carbocycles. The predicted molar refractivity (Wildman–Crippen MR) is 124 cm³/mol. The minimum Gasteiger partial charge on any atom is -0.478 e. The average Bonchev–Trinajstić information content (AvgIpc) is 3.10. The Balaban J connectivity index is 1.54. The van der Waals surface area contributed by atoms with E-state index in [-0.39, 0.29) is 23.7 Å². The summed E-state index contributed by atoms with van der Waals surface area (Å²) in [6.07, 6.45) is 0. The number of ether oxygens (including phenoxy) is 1. The van der Waals surface area contributed by atoms with Gasteiger partial charge in [0.2, 0.25) is 0 Å². The van der Waals surface area contributed by atoms with Gasteiger partial charge in [0.15, 0.2) is 0 Å². The van der Waals surface area contributed by atoms with Crippen molar-refractivity contribution in [3.05, 3.63) is 87.4 Å². The Morgan fingerprint density at radius 2 is 1.76 bits per heavy atom. The van der Waals surface area contributed by atoms with Gasteiger partial charge >= 0.3 is 11.9 Å². The van der Waals surface area contributed by atoms with E-state index in [0.717, 1.165) is 0 Å². The number of aromatic carboxylic acids is 1. The molecule has 166 valence electrons. The molecule has 0 fully saturated rings. The Morgan fingerprint density at radius 3 is 2.42 bits per heavy atom. The molecule has 0 aromatic heterocycles. The van der Waals surface area contributed by atoms with Gasteiger partial charge in [0.05, 0.1) is 17.8 Å². The maximum absolute atomic E-state index is 12.9. The zero-order chi connectivity index (χ0) is 23.7. The molecule has 0 unspecified atom stereocenters. The number of carbonyl (C=O) groups is 4. The number of rotatable bonds is 5. The molecule has 0 radical (unpaired) electrons.